The number of fused-ring (bicyclic) bond motifs is 1. The van der Waals surface area contributed by atoms with Crippen molar-refractivity contribution in [2.75, 3.05) is 10.6 Å². The molecule has 2 N–H and O–H groups in total. The van der Waals surface area contributed by atoms with E-state index in [0.29, 0.717) is 17.9 Å². The highest BCUT2D eigenvalue weighted by molar-refractivity contribution is 5.63. The largest absolute Gasteiger partial charge is 0.383 e. The molecule has 2 aromatic rings. The maximum Gasteiger partial charge on any atom is 0.141 e. The average molecular weight is 278 g/mol. The molecule has 0 aliphatic carbocycles. The first-order valence-corrected chi connectivity index (χ1v) is 7.00. The predicted molar refractivity (Wildman–Crippen MR) is 83.9 cm³/mol. The molecule has 4 nitrogen and oxygen atoms in total. The van der Waals surface area contributed by atoms with Crippen LogP contribution in [0, 0.1) is 32.1 Å². The van der Waals surface area contributed by atoms with Crippen LogP contribution >= 0.6 is 0 Å². The molecule has 106 valence electrons. The summed E-state index contributed by atoms with van der Waals surface area (Å²) in [6, 6.07) is 6.62. The maximum atomic E-state index is 9.29. The summed E-state index contributed by atoms with van der Waals surface area (Å²) < 4.78 is 0. The first kappa shape index (κ1) is 13.4. The molecule has 0 bridgehead atoms. The van der Waals surface area contributed by atoms with Crippen molar-refractivity contribution >= 4 is 11.5 Å². The van der Waals surface area contributed by atoms with Crippen LogP contribution in [0.5, 0.6) is 0 Å². The lowest BCUT2D eigenvalue weighted by Crippen LogP contribution is -2.16. The van der Waals surface area contributed by atoms with Crippen LogP contribution in [0.1, 0.15) is 33.4 Å². The van der Waals surface area contributed by atoms with Crippen molar-refractivity contribution < 1.29 is 0 Å². The third-order valence-electron chi connectivity index (χ3n) is 4.28. The molecule has 0 atom stereocenters. The van der Waals surface area contributed by atoms with Gasteiger partial charge in [0.15, 0.2) is 0 Å². The number of rotatable bonds is 1. The minimum atomic E-state index is 0.329. The van der Waals surface area contributed by atoms with Gasteiger partial charge in [0.1, 0.15) is 11.9 Å². The van der Waals surface area contributed by atoms with E-state index in [1.807, 2.05) is 0 Å². The number of pyridine rings is 1. The zero-order valence-corrected chi connectivity index (χ0v) is 12.6. The Hall–Kier alpha value is -2.54. The van der Waals surface area contributed by atoms with Crippen LogP contribution in [0.3, 0.4) is 0 Å². The molecular formula is C17H18N4. The number of nitrogen functional groups attached to an aromatic ring is 1. The van der Waals surface area contributed by atoms with Gasteiger partial charge in [-0.25, -0.2) is 4.98 Å². The minimum absolute atomic E-state index is 0.329. The summed E-state index contributed by atoms with van der Waals surface area (Å²) in [5.74, 6) is 0.329. The minimum Gasteiger partial charge on any atom is -0.383 e. The normalized spacial score (nSPS) is 13.1. The van der Waals surface area contributed by atoms with Crippen molar-refractivity contribution in [2.45, 2.75) is 33.9 Å². The third kappa shape index (κ3) is 2.11. The van der Waals surface area contributed by atoms with Crippen molar-refractivity contribution in [3.63, 3.8) is 0 Å². The van der Waals surface area contributed by atoms with E-state index < -0.39 is 0 Å². The zero-order valence-electron chi connectivity index (χ0n) is 12.6. The SMILES string of the molecule is Cc1cc(C)c(N2Cc3cnc(N)c(C#N)c3C2)cc1C. The molecule has 0 amide bonds. The van der Waals surface area contributed by atoms with Gasteiger partial charge in [0, 0.05) is 25.0 Å². The molecule has 0 radical (unpaired) electrons. The van der Waals surface area contributed by atoms with Gasteiger partial charge in [-0.15, -0.1) is 0 Å². The highest BCUT2D eigenvalue weighted by Gasteiger charge is 2.25. The molecule has 4 heteroatoms. The molecule has 1 aliphatic heterocycles. The molecule has 0 saturated heterocycles. The first-order valence-electron chi connectivity index (χ1n) is 7.00. The Balaban J connectivity index is 2.03. The van der Waals surface area contributed by atoms with Crippen molar-refractivity contribution in [1.29, 1.82) is 5.26 Å². The summed E-state index contributed by atoms with van der Waals surface area (Å²) in [5, 5.41) is 9.29. The number of nitrogens with two attached hydrogens (primary N) is 1. The number of hydrogen-bond acceptors (Lipinski definition) is 4. The van der Waals surface area contributed by atoms with Gasteiger partial charge < -0.3 is 10.6 Å². The fraction of sp³-hybridized carbons (Fsp3) is 0.294. The van der Waals surface area contributed by atoms with Crippen molar-refractivity contribution in [1.82, 2.24) is 4.98 Å². The van der Waals surface area contributed by atoms with E-state index in [1.165, 1.54) is 22.4 Å². The lowest BCUT2D eigenvalue weighted by molar-refractivity contribution is 0.872. The van der Waals surface area contributed by atoms with E-state index in [-0.39, 0.29) is 0 Å². The Labute approximate surface area is 124 Å². The number of aromatic nitrogens is 1. The summed E-state index contributed by atoms with van der Waals surface area (Å²) in [5.41, 5.74) is 13.5. The third-order valence-corrected chi connectivity index (χ3v) is 4.28. The summed E-state index contributed by atoms with van der Waals surface area (Å²) in [7, 11) is 0. The Morgan fingerprint density at radius 3 is 2.57 bits per heavy atom. The van der Waals surface area contributed by atoms with E-state index >= 15 is 0 Å². The Bertz CT molecular complexity index is 771. The second-order valence-corrected chi connectivity index (χ2v) is 5.71. The van der Waals surface area contributed by atoms with E-state index in [4.69, 9.17) is 5.73 Å². The smallest absolute Gasteiger partial charge is 0.141 e. The highest BCUT2D eigenvalue weighted by atomic mass is 15.1. The summed E-state index contributed by atoms with van der Waals surface area (Å²) in [4.78, 5) is 6.42. The van der Waals surface area contributed by atoms with Crippen LogP contribution in [0.2, 0.25) is 0 Å². The number of benzene rings is 1. The van der Waals surface area contributed by atoms with Gasteiger partial charge in [0.05, 0.1) is 5.56 Å². The molecule has 3 rings (SSSR count). The van der Waals surface area contributed by atoms with Crippen molar-refractivity contribution in [3.05, 3.63) is 51.7 Å². The van der Waals surface area contributed by atoms with Crippen LogP contribution in [0.4, 0.5) is 11.5 Å². The second kappa shape index (κ2) is 4.78. The quantitative estimate of drug-likeness (QED) is 0.871. The standard InChI is InChI=1S/C17H18N4/c1-10-4-12(3)16(5-11(10)2)21-8-13-7-20-17(19)14(6-18)15(13)9-21/h4-5,7H,8-9H2,1-3H3,(H2,19,20). The van der Waals surface area contributed by atoms with Gasteiger partial charge in [-0.3, -0.25) is 0 Å². The molecule has 0 saturated carbocycles. The number of nitrogens with zero attached hydrogens (tertiary/aromatic N) is 3. The Kier molecular flexibility index (Phi) is 3.06. The van der Waals surface area contributed by atoms with Gasteiger partial charge in [-0.05, 0) is 54.7 Å². The summed E-state index contributed by atoms with van der Waals surface area (Å²) in [6.07, 6.45) is 1.79. The lowest BCUT2D eigenvalue weighted by atomic mass is 10.0. The zero-order chi connectivity index (χ0) is 15.1. The van der Waals surface area contributed by atoms with Gasteiger partial charge in [-0.1, -0.05) is 6.07 Å². The van der Waals surface area contributed by atoms with E-state index in [9.17, 15) is 5.26 Å². The van der Waals surface area contributed by atoms with E-state index in [1.54, 1.807) is 6.20 Å². The molecule has 0 fully saturated rings. The van der Waals surface area contributed by atoms with Gasteiger partial charge in [0.2, 0.25) is 0 Å². The molecule has 0 spiro atoms. The molecule has 1 aliphatic rings. The molecule has 1 aromatic heterocycles. The molecule has 21 heavy (non-hydrogen) atoms. The van der Waals surface area contributed by atoms with Gasteiger partial charge in [-0.2, -0.15) is 5.26 Å². The average Bonchev–Trinajstić information content (AvgIpc) is 2.86. The van der Waals surface area contributed by atoms with Crippen molar-refractivity contribution in [2.24, 2.45) is 0 Å². The second-order valence-electron chi connectivity index (χ2n) is 5.71. The predicted octanol–water partition coefficient (Wildman–Crippen LogP) is 2.98. The van der Waals surface area contributed by atoms with Crippen LogP contribution in [0.15, 0.2) is 18.3 Å². The van der Waals surface area contributed by atoms with Crippen LogP contribution in [-0.4, -0.2) is 4.98 Å². The topological polar surface area (TPSA) is 65.9 Å². The number of anilines is 2. The number of aryl methyl sites for hydroxylation is 3. The summed E-state index contributed by atoms with van der Waals surface area (Å²) >= 11 is 0. The fourth-order valence-electron chi connectivity index (χ4n) is 2.96. The van der Waals surface area contributed by atoms with Crippen LogP contribution in [-0.2, 0) is 13.1 Å². The lowest BCUT2D eigenvalue weighted by Gasteiger charge is -2.21. The highest BCUT2D eigenvalue weighted by Crippen LogP contribution is 2.34. The summed E-state index contributed by atoms with van der Waals surface area (Å²) in [6.45, 7) is 7.88. The van der Waals surface area contributed by atoms with Crippen LogP contribution in [0.25, 0.3) is 0 Å². The van der Waals surface area contributed by atoms with E-state index in [2.05, 4.69) is 48.9 Å². The fourth-order valence-corrected chi connectivity index (χ4v) is 2.96. The maximum absolute atomic E-state index is 9.29. The molecular weight excluding hydrogens is 260 g/mol. The van der Waals surface area contributed by atoms with E-state index in [0.717, 1.165) is 17.7 Å². The molecule has 2 heterocycles. The first-order chi connectivity index (χ1) is 10.0. The monoisotopic (exact) mass is 278 g/mol. The van der Waals surface area contributed by atoms with Gasteiger partial charge >= 0.3 is 0 Å². The van der Waals surface area contributed by atoms with Crippen molar-refractivity contribution in [3.8, 4) is 6.07 Å². The Morgan fingerprint density at radius 2 is 1.86 bits per heavy atom. The molecule has 1 aromatic carbocycles. The Morgan fingerprint density at radius 1 is 1.14 bits per heavy atom. The number of hydrogen-bond donors (Lipinski definition) is 1. The number of nitriles is 1. The molecule has 0 unspecified atom stereocenters. The van der Waals surface area contributed by atoms with Crippen LogP contribution < -0.4 is 10.6 Å². The van der Waals surface area contributed by atoms with Gasteiger partial charge in [0.25, 0.3) is 0 Å².